The van der Waals surface area contributed by atoms with Gasteiger partial charge >= 0.3 is 6.03 Å². The largest absolute Gasteiger partial charge is 0.466 e. The van der Waals surface area contributed by atoms with E-state index in [1.165, 1.54) is 0 Å². The van der Waals surface area contributed by atoms with E-state index in [1.807, 2.05) is 11.8 Å². The van der Waals surface area contributed by atoms with Gasteiger partial charge in [0, 0.05) is 37.6 Å². The van der Waals surface area contributed by atoms with Crippen molar-refractivity contribution in [1.29, 1.82) is 0 Å². The van der Waals surface area contributed by atoms with E-state index in [-0.39, 0.29) is 30.0 Å². The first-order chi connectivity index (χ1) is 10.4. The average molecular weight is 306 g/mol. The van der Waals surface area contributed by atoms with Crippen LogP contribution in [0.3, 0.4) is 0 Å². The van der Waals surface area contributed by atoms with Crippen molar-refractivity contribution >= 4 is 6.03 Å². The number of hydrogen-bond acceptors (Lipinski definition) is 3. The smallest absolute Gasteiger partial charge is 0.317 e. The molecule has 0 bridgehead atoms. The summed E-state index contributed by atoms with van der Waals surface area (Å²) >= 11 is 0. The molecule has 1 saturated heterocycles. The van der Waals surface area contributed by atoms with Crippen molar-refractivity contribution in [3.05, 3.63) is 23.2 Å². The number of hydrogen-bond donors (Lipinski definition) is 2. The van der Waals surface area contributed by atoms with Crippen molar-refractivity contribution in [1.82, 2.24) is 10.2 Å². The summed E-state index contributed by atoms with van der Waals surface area (Å²) in [5, 5.41) is 12.4. The molecule has 1 aliphatic carbocycles. The molecule has 1 fully saturated rings. The van der Waals surface area contributed by atoms with Gasteiger partial charge in [0.05, 0.1) is 6.04 Å². The number of fused-ring (bicyclic) bond motifs is 1. The first-order valence-electron chi connectivity index (χ1n) is 8.13. The highest BCUT2D eigenvalue weighted by Crippen LogP contribution is 2.42. The number of amides is 2. The molecule has 122 valence electrons. The van der Waals surface area contributed by atoms with Crippen LogP contribution in [0.1, 0.15) is 49.8 Å². The van der Waals surface area contributed by atoms with Crippen molar-refractivity contribution in [3.63, 3.8) is 0 Å². The fourth-order valence-electron chi connectivity index (χ4n) is 3.72. The summed E-state index contributed by atoms with van der Waals surface area (Å²) in [4.78, 5) is 14.3. The summed E-state index contributed by atoms with van der Waals surface area (Å²) in [5.41, 5.74) is 1.25. The van der Waals surface area contributed by atoms with Crippen LogP contribution < -0.4 is 5.32 Å². The molecular formula is C17H26N2O3. The van der Waals surface area contributed by atoms with Crippen LogP contribution in [-0.2, 0) is 6.42 Å². The summed E-state index contributed by atoms with van der Waals surface area (Å²) in [5.74, 6) is 2.14. The fourth-order valence-corrected chi connectivity index (χ4v) is 3.72. The molecule has 2 aliphatic rings. The second kappa shape index (κ2) is 5.61. The number of rotatable bonds is 2. The predicted octanol–water partition coefficient (Wildman–Crippen LogP) is 2.63. The topological polar surface area (TPSA) is 65.7 Å². The lowest BCUT2D eigenvalue weighted by molar-refractivity contribution is 0.184. The second-order valence-corrected chi connectivity index (χ2v) is 7.57. The maximum absolute atomic E-state index is 12.5. The van der Waals surface area contributed by atoms with Crippen molar-refractivity contribution in [2.24, 2.45) is 11.3 Å². The average Bonchev–Trinajstić information content (AvgIpc) is 3.03. The lowest BCUT2D eigenvalue weighted by Gasteiger charge is -2.35. The third-order valence-electron chi connectivity index (χ3n) is 4.87. The minimum absolute atomic E-state index is 0.0110. The summed E-state index contributed by atoms with van der Waals surface area (Å²) in [6.45, 7) is 7.91. The van der Waals surface area contributed by atoms with Crippen LogP contribution in [0, 0.1) is 18.3 Å². The molecular weight excluding hydrogens is 280 g/mol. The van der Waals surface area contributed by atoms with Crippen molar-refractivity contribution in [3.8, 4) is 0 Å². The highest BCUT2D eigenvalue weighted by molar-refractivity contribution is 5.75. The zero-order valence-electron chi connectivity index (χ0n) is 13.7. The minimum atomic E-state index is -0.0246. The molecule has 1 aliphatic heterocycles. The molecule has 2 amide bonds. The Morgan fingerprint density at radius 1 is 1.55 bits per heavy atom. The van der Waals surface area contributed by atoms with Gasteiger partial charge in [-0.25, -0.2) is 4.79 Å². The van der Waals surface area contributed by atoms with Gasteiger partial charge in [0.15, 0.2) is 0 Å². The predicted molar refractivity (Wildman–Crippen MR) is 83.6 cm³/mol. The molecule has 0 radical (unpaired) electrons. The lowest BCUT2D eigenvalue weighted by Crippen LogP contribution is -2.43. The van der Waals surface area contributed by atoms with Crippen LogP contribution in [0.15, 0.2) is 10.5 Å². The van der Waals surface area contributed by atoms with E-state index in [9.17, 15) is 9.90 Å². The molecule has 0 aromatic carbocycles. The van der Waals surface area contributed by atoms with Gasteiger partial charge in [-0.3, -0.25) is 0 Å². The zero-order chi connectivity index (χ0) is 15.9. The summed E-state index contributed by atoms with van der Waals surface area (Å²) in [6.07, 6.45) is 2.72. The summed E-state index contributed by atoms with van der Waals surface area (Å²) in [6, 6.07) is 2.04. The van der Waals surface area contributed by atoms with Gasteiger partial charge in [-0.15, -0.1) is 0 Å². The Hall–Kier alpha value is -1.49. The number of carbonyl (C=O) groups excluding carboxylic acids is 1. The Balaban J connectivity index is 1.73. The SMILES string of the molecule is Cc1cc2c(o1)CC(C)(C)CC2NC(=O)N1CCC(CO)C1. The highest BCUT2D eigenvalue weighted by Gasteiger charge is 2.36. The molecule has 2 N–H and O–H groups in total. The minimum Gasteiger partial charge on any atom is -0.466 e. The Kier molecular flexibility index (Phi) is 3.93. The van der Waals surface area contributed by atoms with Gasteiger partial charge in [0.25, 0.3) is 0 Å². The van der Waals surface area contributed by atoms with E-state index in [0.717, 1.165) is 42.9 Å². The van der Waals surface area contributed by atoms with Gasteiger partial charge in [-0.1, -0.05) is 13.8 Å². The molecule has 22 heavy (non-hydrogen) atoms. The van der Waals surface area contributed by atoms with Crippen LogP contribution in [0.4, 0.5) is 4.79 Å². The molecule has 1 aromatic rings. The second-order valence-electron chi connectivity index (χ2n) is 7.57. The standard InChI is InChI=1S/C17H26N2O3/c1-11-6-13-14(7-17(2,3)8-15(13)22-11)18-16(21)19-5-4-12(9-19)10-20/h6,12,14,20H,4-5,7-10H2,1-3H3,(H,18,21). The summed E-state index contributed by atoms with van der Waals surface area (Å²) < 4.78 is 5.82. The first-order valence-corrected chi connectivity index (χ1v) is 8.13. The van der Waals surface area contributed by atoms with E-state index in [2.05, 4.69) is 25.2 Å². The number of aliphatic hydroxyl groups excluding tert-OH is 1. The third-order valence-corrected chi connectivity index (χ3v) is 4.87. The van der Waals surface area contributed by atoms with Crippen molar-refractivity contribution < 1.29 is 14.3 Å². The van der Waals surface area contributed by atoms with E-state index in [4.69, 9.17) is 4.42 Å². The maximum Gasteiger partial charge on any atom is 0.317 e. The zero-order valence-corrected chi connectivity index (χ0v) is 13.7. The lowest BCUT2D eigenvalue weighted by atomic mass is 9.75. The molecule has 3 rings (SSSR count). The Morgan fingerprint density at radius 3 is 3.00 bits per heavy atom. The first kappa shape index (κ1) is 15.4. The molecule has 2 unspecified atom stereocenters. The number of urea groups is 1. The molecule has 2 heterocycles. The highest BCUT2D eigenvalue weighted by atomic mass is 16.3. The maximum atomic E-state index is 12.5. The molecule has 0 spiro atoms. The number of aliphatic hydroxyl groups is 1. The number of aryl methyl sites for hydroxylation is 1. The van der Waals surface area contributed by atoms with Crippen LogP contribution in [0.25, 0.3) is 0 Å². The number of carbonyl (C=O) groups is 1. The van der Waals surface area contributed by atoms with E-state index in [0.29, 0.717) is 6.54 Å². The Bertz CT molecular complexity index is 564. The monoisotopic (exact) mass is 306 g/mol. The van der Waals surface area contributed by atoms with Crippen LogP contribution in [0.5, 0.6) is 0 Å². The Morgan fingerprint density at radius 2 is 2.32 bits per heavy atom. The van der Waals surface area contributed by atoms with Crippen LogP contribution in [-0.4, -0.2) is 35.7 Å². The number of likely N-dealkylation sites (tertiary alicyclic amines) is 1. The summed E-state index contributed by atoms with van der Waals surface area (Å²) in [7, 11) is 0. The van der Waals surface area contributed by atoms with Crippen LogP contribution in [0.2, 0.25) is 0 Å². The van der Waals surface area contributed by atoms with Crippen molar-refractivity contribution in [2.75, 3.05) is 19.7 Å². The molecule has 2 atom stereocenters. The van der Waals surface area contributed by atoms with Crippen LogP contribution >= 0.6 is 0 Å². The fraction of sp³-hybridized carbons (Fsp3) is 0.706. The third kappa shape index (κ3) is 3.00. The van der Waals surface area contributed by atoms with Gasteiger partial charge in [-0.2, -0.15) is 0 Å². The Labute approximate surface area is 131 Å². The van der Waals surface area contributed by atoms with Crippen molar-refractivity contribution in [2.45, 2.75) is 46.1 Å². The van der Waals surface area contributed by atoms with E-state index < -0.39 is 0 Å². The van der Waals surface area contributed by atoms with Gasteiger partial charge in [0.2, 0.25) is 0 Å². The molecule has 5 heteroatoms. The number of nitrogens with zero attached hydrogens (tertiary/aromatic N) is 1. The van der Waals surface area contributed by atoms with E-state index in [1.54, 1.807) is 0 Å². The van der Waals surface area contributed by atoms with E-state index >= 15 is 0 Å². The molecule has 0 saturated carbocycles. The number of furan rings is 1. The van der Waals surface area contributed by atoms with Gasteiger partial charge in [0.1, 0.15) is 11.5 Å². The van der Waals surface area contributed by atoms with Gasteiger partial charge in [-0.05, 0) is 31.2 Å². The quantitative estimate of drug-likeness (QED) is 0.882. The molecule has 5 nitrogen and oxygen atoms in total. The number of nitrogens with one attached hydrogen (secondary N) is 1. The molecule has 1 aromatic heterocycles. The van der Waals surface area contributed by atoms with Gasteiger partial charge < -0.3 is 19.7 Å². The normalized spacial score (nSPS) is 26.8.